The average Bonchev–Trinajstić information content (AvgIpc) is 2.94. The molecule has 0 saturated carbocycles. The van der Waals surface area contributed by atoms with Crippen molar-refractivity contribution < 1.29 is 14.4 Å². The Balaban J connectivity index is 1.50. The zero-order valence-corrected chi connectivity index (χ0v) is 18.5. The van der Waals surface area contributed by atoms with Crippen molar-refractivity contribution in [1.29, 1.82) is 0 Å². The number of nitrogens with zero attached hydrogens (tertiary/aromatic N) is 3. The highest BCUT2D eigenvalue weighted by Crippen LogP contribution is 2.23. The zero-order valence-electron chi connectivity index (χ0n) is 17.0. The molecule has 162 valence electrons. The van der Waals surface area contributed by atoms with Crippen molar-refractivity contribution in [3.8, 4) is 0 Å². The normalized spacial score (nSPS) is 18.1. The molecule has 3 amide bonds. The van der Waals surface area contributed by atoms with Gasteiger partial charge in [0, 0.05) is 58.2 Å². The van der Waals surface area contributed by atoms with E-state index in [-0.39, 0.29) is 24.1 Å². The highest BCUT2D eigenvalue weighted by molar-refractivity contribution is 6.42. The summed E-state index contributed by atoms with van der Waals surface area (Å²) in [5.41, 5.74) is 0.779. The van der Waals surface area contributed by atoms with E-state index in [4.69, 9.17) is 23.2 Å². The Bertz CT molecular complexity index is 822. The molecule has 6 nitrogen and oxygen atoms in total. The maximum absolute atomic E-state index is 12.6. The molecule has 1 aromatic rings. The second-order valence-electron chi connectivity index (χ2n) is 7.65. The molecule has 0 bridgehead atoms. The molecule has 1 aromatic carbocycles. The molecule has 0 radical (unpaired) electrons. The summed E-state index contributed by atoms with van der Waals surface area (Å²) in [6.07, 6.45) is 7.08. The monoisotopic (exact) mass is 451 g/mol. The van der Waals surface area contributed by atoms with Crippen molar-refractivity contribution in [2.24, 2.45) is 0 Å². The van der Waals surface area contributed by atoms with Gasteiger partial charge in [-0.25, -0.2) is 0 Å². The maximum Gasteiger partial charge on any atom is 0.246 e. The molecule has 3 rings (SSSR count). The molecule has 2 aliphatic heterocycles. The van der Waals surface area contributed by atoms with Gasteiger partial charge in [-0.05, 0) is 43.0 Å². The van der Waals surface area contributed by atoms with E-state index in [1.54, 1.807) is 34.1 Å². The van der Waals surface area contributed by atoms with Crippen molar-refractivity contribution in [3.63, 3.8) is 0 Å². The van der Waals surface area contributed by atoms with E-state index in [9.17, 15) is 14.4 Å². The molecular weight excluding hydrogens is 425 g/mol. The first kappa shape index (κ1) is 22.6. The number of amides is 3. The highest BCUT2D eigenvalue weighted by Gasteiger charge is 2.24. The van der Waals surface area contributed by atoms with Crippen LogP contribution in [0.2, 0.25) is 10.0 Å². The molecule has 0 N–H and O–H groups in total. The van der Waals surface area contributed by atoms with Crippen LogP contribution in [-0.4, -0.2) is 71.7 Å². The number of benzene rings is 1. The summed E-state index contributed by atoms with van der Waals surface area (Å²) in [7, 11) is 0. The van der Waals surface area contributed by atoms with Gasteiger partial charge in [-0.2, -0.15) is 0 Å². The van der Waals surface area contributed by atoms with Crippen LogP contribution in [0.5, 0.6) is 0 Å². The number of likely N-dealkylation sites (tertiary alicyclic amines) is 1. The molecule has 0 aliphatic carbocycles. The SMILES string of the molecule is O=C(C=Cc1ccc(Cl)c(Cl)c1)N1CCC(=O)N(CCC(=O)N2CCCCC2)CC1. The minimum absolute atomic E-state index is 0.00907. The Kier molecular flexibility index (Phi) is 8.16. The number of piperidine rings is 1. The van der Waals surface area contributed by atoms with E-state index in [1.165, 1.54) is 12.5 Å². The Morgan fingerprint density at radius 1 is 0.933 bits per heavy atom. The van der Waals surface area contributed by atoms with Gasteiger partial charge < -0.3 is 14.7 Å². The smallest absolute Gasteiger partial charge is 0.246 e. The summed E-state index contributed by atoms with van der Waals surface area (Å²) in [6, 6.07) is 5.16. The first-order valence-corrected chi connectivity index (χ1v) is 11.2. The van der Waals surface area contributed by atoms with Crippen LogP contribution < -0.4 is 0 Å². The van der Waals surface area contributed by atoms with Gasteiger partial charge in [0.2, 0.25) is 17.7 Å². The number of carbonyl (C=O) groups is 3. The largest absolute Gasteiger partial charge is 0.343 e. The minimum atomic E-state index is -0.153. The molecule has 2 heterocycles. The van der Waals surface area contributed by atoms with E-state index in [0.29, 0.717) is 42.6 Å². The third-order valence-corrected chi connectivity index (χ3v) is 6.31. The predicted octanol–water partition coefficient (Wildman–Crippen LogP) is 3.47. The fraction of sp³-hybridized carbons (Fsp3) is 0.500. The van der Waals surface area contributed by atoms with Crippen LogP contribution in [0.25, 0.3) is 6.08 Å². The summed E-state index contributed by atoms with van der Waals surface area (Å²) < 4.78 is 0. The lowest BCUT2D eigenvalue weighted by molar-refractivity contribution is -0.134. The van der Waals surface area contributed by atoms with Crippen LogP contribution in [0.3, 0.4) is 0 Å². The summed E-state index contributed by atoms with van der Waals surface area (Å²) in [5, 5.41) is 0.895. The molecule has 2 fully saturated rings. The van der Waals surface area contributed by atoms with E-state index >= 15 is 0 Å². The maximum atomic E-state index is 12.6. The van der Waals surface area contributed by atoms with Gasteiger partial charge in [0.1, 0.15) is 0 Å². The molecule has 0 unspecified atom stereocenters. The molecular formula is C22H27Cl2N3O3. The highest BCUT2D eigenvalue weighted by atomic mass is 35.5. The van der Waals surface area contributed by atoms with Crippen molar-refractivity contribution in [2.75, 3.05) is 39.3 Å². The molecule has 8 heteroatoms. The average molecular weight is 452 g/mol. The molecule has 0 aromatic heterocycles. The fourth-order valence-electron chi connectivity index (χ4n) is 3.74. The number of hydrogen-bond donors (Lipinski definition) is 0. The van der Waals surface area contributed by atoms with E-state index in [2.05, 4.69) is 0 Å². The van der Waals surface area contributed by atoms with Crippen LogP contribution in [0.1, 0.15) is 37.7 Å². The molecule has 30 heavy (non-hydrogen) atoms. The molecule has 0 atom stereocenters. The second-order valence-corrected chi connectivity index (χ2v) is 8.47. The van der Waals surface area contributed by atoms with E-state index in [1.807, 2.05) is 4.90 Å². The lowest BCUT2D eigenvalue weighted by atomic mass is 10.1. The van der Waals surface area contributed by atoms with Gasteiger partial charge in [0.05, 0.1) is 10.0 Å². The predicted molar refractivity (Wildman–Crippen MR) is 118 cm³/mol. The standard InChI is InChI=1S/C22H27Cl2N3O3/c23-18-6-4-17(16-19(18)24)5-7-20(28)26-12-9-22(30)27(15-14-26)13-8-21(29)25-10-2-1-3-11-25/h4-7,16H,1-3,8-15H2. The van der Waals surface area contributed by atoms with Crippen molar-refractivity contribution in [2.45, 2.75) is 32.1 Å². The van der Waals surface area contributed by atoms with Crippen LogP contribution in [-0.2, 0) is 14.4 Å². The van der Waals surface area contributed by atoms with Crippen LogP contribution in [0.15, 0.2) is 24.3 Å². The van der Waals surface area contributed by atoms with Crippen molar-refractivity contribution in [1.82, 2.24) is 14.7 Å². The zero-order chi connectivity index (χ0) is 21.5. The molecule has 0 spiro atoms. The second kappa shape index (κ2) is 10.8. The van der Waals surface area contributed by atoms with Crippen LogP contribution in [0, 0.1) is 0 Å². The first-order valence-electron chi connectivity index (χ1n) is 10.4. The third-order valence-electron chi connectivity index (χ3n) is 5.57. The summed E-state index contributed by atoms with van der Waals surface area (Å²) >= 11 is 11.9. The van der Waals surface area contributed by atoms with Gasteiger partial charge >= 0.3 is 0 Å². The lowest BCUT2D eigenvalue weighted by Gasteiger charge is -2.28. The summed E-state index contributed by atoms with van der Waals surface area (Å²) in [5.74, 6) is -0.0467. The Labute approximate surface area is 187 Å². The number of halogens is 2. The molecule has 2 saturated heterocycles. The topological polar surface area (TPSA) is 60.9 Å². The van der Waals surface area contributed by atoms with Crippen molar-refractivity contribution in [3.05, 3.63) is 39.9 Å². The number of carbonyl (C=O) groups excluding carboxylic acids is 3. The van der Waals surface area contributed by atoms with Gasteiger partial charge in [0.15, 0.2) is 0 Å². The first-order chi connectivity index (χ1) is 14.4. The fourth-order valence-corrected chi connectivity index (χ4v) is 4.05. The molecule has 2 aliphatic rings. The quantitative estimate of drug-likeness (QED) is 0.643. The minimum Gasteiger partial charge on any atom is -0.343 e. The van der Waals surface area contributed by atoms with E-state index < -0.39 is 0 Å². The number of rotatable bonds is 5. The van der Waals surface area contributed by atoms with Crippen LogP contribution >= 0.6 is 23.2 Å². The Morgan fingerprint density at radius 3 is 2.43 bits per heavy atom. The van der Waals surface area contributed by atoms with Crippen LogP contribution in [0.4, 0.5) is 0 Å². The van der Waals surface area contributed by atoms with Gasteiger partial charge in [-0.3, -0.25) is 14.4 Å². The Hall–Kier alpha value is -2.05. The Morgan fingerprint density at radius 2 is 1.70 bits per heavy atom. The van der Waals surface area contributed by atoms with Gasteiger partial charge in [-0.15, -0.1) is 0 Å². The van der Waals surface area contributed by atoms with E-state index in [0.717, 1.165) is 31.5 Å². The number of hydrogen-bond acceptors (Lipinski definition) is 3. The lowest BCUT2D eigenvalue weighted by Crippen LogP contribution is -2.40. The summed E-state index contributed by atoms with van der Waals surface area (Å²) in [4.78, 5) is 42.6. The van der Waals surface area contributed by atoms with Gasteiger partial charge in [-0.1, -0.05) is 29.3 Å². The summed E-state index contributed by atoms with van der Waals surface area (Å²) in [6.45, 7) is 3.32. The third kappa shape index (κ3) is 6.22. The van der Waals surface area contributed by atoms with Crippen molar-refractivity contribution >= 4 is 47.0 Å². The van der Waals surface area contributed by atoms with Gasteiger partial charge in [0.25, 0.3) is 0 Å².